The second-order valence-electron chi connectivity index (χ2n) is 2.87. The second kappa shape index (κ2) is 3.95. The van der Waals surface area contributed by atoms with Crippen molar-refractivity contribution in [1.82, 2.24) is 9.97 Å². The van der Waals surface area contributed by atoms with Gasteiger partial charge in [0.05, 0.1) is 0 Å². The first-order valence-electron chi connectivity index (χ1n) is 4.13. The van der Waals surface area contributed by atoms with E-state index in [-0.39, 0.29) is 17.8 Å². The summed E-state index contributed by atoms with van der Waals surface area (Å²) in [6, 6.07) is 1.70. The van der Waals surface area contributed by atoms with Gasteiger partial charge in [-0.15, -0.1) is 0 Å². The SMILES string of the molecule is CC(=O)N(C(C)=O)c1nccc(C)n1. The Kier molecular flexibility index (Phi) is 2.91. The van der Waals surface area contributed by atoms with Crippen LogP contribution in [-0.4, -0.2) is 21.8 Å². The molecule has 0 saturated heterocycles. The summed E-state index contributed by atoms with van der Waals surface area (Å²) < 4.78 is 0. The molecule has 0 atom stereocenters. The van der Waals surface area contributed by atoms with Crippen LogP contribution in [0.25, 0.3) is 0 Å². The van der Waals surface area contributed by atoms with Crippen molar-refractivity contribution in [3.63, 3.8) is 0 Å². The Hall–Kier alpha value is -1.78. The van der Waals surface area contributed by atoms with Crippen molar-refractivity contribution >= 4 is 17.8 Å². The molecule has 0 bridgehead atoms. The first kappa shape index (κ1) is 10.3. The third-order valence-corrected chi connectivity index (χ3v) is 1.61. The molecule has 5 heteroatoms. The second-order valence-corrected chi connectivity index (χ2v) is 2.87. The van der Waals surface area contributed by atoms with Crippen molar-refractivity contribution in [3.05, 3.63) is 18.0 Å². The minimum Gasteiger partial charge on any atom is -0.274 e. The molecule has 0 aliphatic carbocycles. The Bertz CT molecular complexity index is 362. The highest BCUT2D eigenvalue weighted by atomic mass is 16.2. The van der Waals surface area contributed by atoms with Crippen LogP contribution in [0, 0.1) is 6.92 Å². The molecular formula is C9H11N3O2. The quantitative estimate of drug-likeness (QED) is 0.658. The van der Waals surface area contributed by atoms with E-state index in [9.17, 15) is 9.59 Å². The Balaban J connectivity index is 3.12. The van der Waals surface area contributed by atoms with E-state index in [0.29, 0.717) is 5.69 Å². The highest BCUT2D eigenvalue weighted by Crippen LogP contribution is 2.07. The lowest BCUT2D eigenvalue weighted by molar-refractivity contribution is -0.124. The average molecular weight is 193 g/mol. The number of carbonyl (C=O) groups is 2. The summed E-state index contributed by atoms with van der Waals surface area (Å²) in [5, 5.41) is 0. The van der Waals surface area contributed by atoms with Crippen LogP contribution in [0.4, 0.5) is 5.95 Å². The number of amides is 2. The van der Waals surface area contributed by atoms with Gasteiger partial charge in [-0.1, -0.05) is 0 Å². The molecule has 1 rings (SSSR count). The van der Waals surface area contributed by atoms with Gasteiger partial charge in [0.1, 0.15) is 0 Å². The van der Waals surface area contributed by atoms with E-state index in [4.69, 9.17) is 0 Å². The van der Waals surface area contributed by atoms with E-state index in [1.54, 1.807) is 13.0 Å². The number of aryl methyl sites for hydroxylation is 1. The normalized spacial score (nSPS) is 9.64. The smallest absolute Gasteiger partial charge is 0.239 e. The van der Waals surface area contributed by atoms with E-state index in [1.165, 1.54) is 20.0 Å². The number of carbonyl (C=O) groups excluding carboxylic acids is 2. The van der Waals surface area contributed by atoms with Gasteiger partial charge in [0.15, 0.2) is 0 Å². The van der Waals surface area contributed by atoms with Crippen molar-refractivity contribution in [2.24, 2.45) is 0 Å². The molecule has 0 radical (unpaired) electrons. The Labute approximate surface area is 81.8 Å². The molecule has 14 heavy (non-hydrogen) atoms. The fourth-order valence-corrected chi connectivity index (χ4v) is 1.05. The summed E-state index contributed by atoms with van der Waals surface area (Å²) >= 11 is 0. The molecular weight excluding hydrogens is 182 g/mol. The molecule has 0 spiro atoms. The molecule has 0 aliphatic heterocycles. The highest BCUT2D eigenvalue weighted by Gasteiger charge is 2.18. The minimum absolute atomic E-state index is 0.130. The number of hydrogen-bond donors (Lipinski definition) is 0. The molecule has 0 unspecified atom stereocenters. The van der Waals surface area contributed by atoms with Crippen molar-refractivity contribution in [3.8, 4) is 0 Å². The molecule has 1 aromatic rings. The van der Waals surface area contributed by atoms with Crippen LogP contribution in [0.15, 0.2) is 12.3 Å². The molecule has 0 aromatic carbocycles. The predicted molar refractivity (Wildman–Crippen MR) is 50.6 cm³/mol. The zero-order chi connectivity index (χ0) is 10.7. The highest BCUT2D eigenvalue weighted by molar-refractivity contribution is 6.11. The number of aromatic nitrogens is 2. The standard InChI is InChI=1S/C9H11N3O2/c1-6-4-5-10-9(11-6)12(7(2)13)8(3)14/h4-5H,1-3H3. The molecule has 0 N–H and O–H groups in total. The monoisotopic (exact) mass is 193 g/mol. The lowest BCUT2D eigenvalue weighted by Gasteiger charge is -2.14. The lowest BCUT2D eigenvalue weighted by Crippen LogP contribution is -2.34. The van der Waals surface area contributed by atoms with E-state index < -0.39 is 0 Å². The molecule has 0 fully saturated rings. The molecule has 0 saturated carbocycles. The van der Waals surface area contributed by atoms with Crippen molar-refractivity contribution in [1.29, 1.82) is 0 Å². The largest absolute Gasteiger partial charge is 0.274 e. The number of imide groups is 1. The Morgan fingerprint density at radius 3 is 2.29 bits per heavy atom. The maximum atomic E-state index is 11.1. The van der Waals surface area contributed by atoms with Gasteiger partial charge in [-0.2, -0.15) is 0 Å². The van der Waals surface area contributed by atoms with E-state index in [1.807, 2.05) is 0 Å². The van der Waals surface area contributed by atoms with E-state index in [0.717, 1.165) is 4.90 Å². The number of rotatable bonds is 1. The molecule has 1 aromatic heterocycles. The summed E-state index contributed by atoms with van der Waals surface area (Å²) in [7, 11) is 0. The van der Waals surface area contributed by atoms with Gasteiger partial charge in [-0.25, -0.2) is 14.9 Å². The molecule has 5 nitrogen and oxygen atoms in total. The topological polar surface area (TPSA) is 63.2 Å². The van der Waals surface area contributed by atoms with Gasteiger partial charge in [-0.05, 0) is 13.0 Å². The van der Waals surface area contributed by atoms with Crippen LogP contribution >= 0.6 is 0 Å². The molecule has 2 amide bonds. The first-order valence-corrected chi connectivity index (χ1v) is 4.13. The maximum absolute atomic E-state index is 11.1. The molecule has 1 heterocycles. The summed E-state index contributed by atoms with van der Waals surface area (Å²) in [5.41, 5.74) is 0.711. The van der Waals surface area contributed by atoms with Crippen LogP contribution in [-0.2, 0) is 9.59 Å². The van der Waals surface area contributed by atoms with Crippen LogP contribution in [0.5, 0.6) is 0 Å². The number of hydrogen-bond acceptors (Lipinski definition) is 4. The van der Waals surface area contributed by atoms with Crippen LogP contribution < -0.4 is 4.90 Å². The van der Waals surface area contributed by atoms with E-state index >= 15 is 0 Å². The van der Waals surface area contributed by atoms with E-state index in [2.05, 4.69) is 9.97 Å². The van der Waals surface area contributed by atoms with Crippen molar-refractivity contribution < 1.29 is 9.59 Å². The Morgan fingerprint density at radius 2 is 1.86 bits per heavy atom. The third kappa shape index (κ3) is 2.12. The number of nitrogens with zero attached hydrogens (tertiary/aromatic N) is 3. The molecule has 74 valence electrons. The van der Waals surface area contributed by atoms with Gasteiger partial charge >= 0.3 is 0 Å². The van der Waals surface area contributed by atoms with Crippen molar-refractivity contribution in [2.75, 3.05) is 4.90 Å². The minimum atomic E-state index is -0.386. The summed E-state index contributed by atoms with van der Waals surface area (Å²) in [4.78, 5) is 31.0. The number of anilines is 1. The maximum Gasteiger partial charge on any atom is 0.239 e. The lowest BCUT2D eigenvalue weighted by atomic mass is 10.4. The fraction of sp³-hybridized carbons (Fsp3) is 0.333. The van der Waals surface area contributed by atoms with Gasteiger partial charge in [0, 0.05) is 25.7 Å². The zero-order valence-corrected chi connectivity index (χ0v) is 8.31. The molecule has 0 aliphatic rings. The van der Waals surface area contributed by atoms with Gasteiger partial charge in [0.2, 0.25) is 17.8 Å². The summed E-state index contributed by atoms with van der Waals surface area (Å²) in [6.45, 7) is 4.36. The summed E-state index contributed by atoms with van der Waals surface area (Å²) in [5.74, 6) is -0.642. The third-order valence-electron chi connectivity index (χ3n) is 1.61. The van der Waals surface area contributed by atoms with Gasteiger partial charge in [-0.3, -0.25) is 9.59 Å². The van der Waals surface area contributed by atoms with Gasteiger partial charge < -0.3 is 0 Å². The summed E-state index contributed by atoms with van der Waals surface area (Å²) in [6.07, 6.45) is 1.51. The fourth-order valence-electron chi connectivity index (χ4n) is 1.05. The van der Waals surface area contributed by atoms with Crippen LogP contribution in [0.1, 0.15) is 19.5 Å². The average Bonchev–Trinajstić information content (AvgIpc) is 2.02. The van der Waals surface area contributed by atoms with Crippen LogP contribution in [0.2, 0.25) is 0 Å². The van der Waals surface area contributed by atoms with Crippen LogP contribution in [0.3, 0.4) is 0 Å². The first-order chi connectivity index (χ1) is 6.52. The van der Waals surface area contributed by atoms with Crippen molar-refractivity contribution in [2.45, 2.75) is 20.8 Å². The zero-order valence-electron chi connectivity index (χ0n) is 8.31. The predicted octanol–water partition coefficient (Wildman–Crippen LogP) is 0.684. The Morgan fingerprint density at radius 1 is 1.29 bits per heavy atom. The van der Waals surface area contributed by atoms with Gasteiger partial charge in [0.25, 0.3) is 0 Å².